The molecule has 0 saturated carbocycles. The number of aliphatic carboxylic acids is 1. The van der Waals surface area contributed by atoms with Gasteiger partial charge < -0.3 is 20.5 Å². The second-order valence-corrected chi connectivity index (χ2v) is 4.21. The number of halogens is 3. The molecule has 0 unspecified atom stereocenters. The van der Waals surface area contributed by atoms with Crippen molar-refractivity contribution in [3.8, 4) is 0 Å². The van der Waals surface area contributed by atoms with Gasteiger partial charge in [-0.3, -0.25) is 14.4 Å². The minimum atomic E-state index is -5.15. The number of ether oxygens (including phenoxy) is 1. The zero-order chi connectivity index (χ0) is 17.5. The van der Waals surface area contributed by atoms with Crippen molar-refractivity contribution in [2.24, 2.45) is 0 Å². The van der Waals surface area contributed by atoms with E-state index in [1.165, 1.54) is 5.32 Å². The van der Waals surface area contributed by atoms with Crippen molar-refractivity contribution in [3.63, 3.8) is 0 Å². The van der Waals surface area contributed by atoms with Crippen molar-refractivity contribution >= 4 is 23.8 Å². The summed E-state index contributed by atoms with van der Waals surface area (Å²) in [4.78, 5) is 44.1. The lowest BCUT2D eigenvalue weighted by molar-refractivity contribution is -0.174. The number of methoxy groups -OCH3 is 1. The lowest BCUT2D eigenvalue weighted by atomic mass is 10.1. The molecule has 0 aromatic carbocycles. The SMILES string of the molecule is COC(=O)[C@@H](CCC(=O)O)NC(=O)[C@@H](C)NC(=O)C(F)(F)F. The molecule has 0 radical (unpaired) electrons. The minimum absolute atomic E-state index is 0.312. The van der Waals surface area contributed by atoms with Gasteiger partial charge in [0.25, 0.3) is 0 Å². The second-order valence-electron chi connectivity index (χ2n) is 4.21. The van der Waals surface area contributed by atoms with Crippen LogP contribution in [0.5, 0.6) is 0 Å². The molecule has 0 rings (SSSR count). The van der Waals surface area contributed by atoms with Gasteiger partial charge in [0, 0.05) is 6.42 Å². The van der Waals surface area contributed by atoms with E-state index in [2.05, 4.69) is 4.74 Å². The van der Waals surface area contributed by atoms with Crippen LogP contribution in [0.1, 0.15) is 19.8 Å². The van der Waals surface area contributed by atoms with Crippen molar-refractivity contribution < 1.29 is 42.2 Å². The summed E-state index contributed by atoms with van der Waals surface area (Å²) >= 11 is 0. The van der Waals surface area contributed by atoms with Gasteiger partial charge in [0.15, 0.2) is 0 Å². The van der Waals surface area contributed by atoms with Crippen LogP contribution in [0.25, 0.3) is 0 Å². The summed E-state index contributed by atoms with van der Waals surface area (Å²) in [6.45, 7) is 0.977. The van der Waals surface area contributed by atoms with Gasteiger partial charge in [0.1, 0.15) is 12.1 Å². The van der Waals surface area contributed by atoms with E-state index in [0.29, 0.717) is 0 Å². The fourth-order valence-corrected chi connectivity index (χ4v) is 1.30. The van der Waals surface area contributed by atoms with Crippen molar-refractivity contribution in [2.75, 3.05) is 7.11 Å². The average molecular weight is 328 g/mol. The molecule has 11 heteroatoms. The average Bonchev–Trinajstić information content (AvgIpc) is 2.40. The fraction of sp³-hybridized carbons (Fsp3) is 0.636. The number of carbonyl (C=O) groups excluding carboxylic acids is 3. The van der Waals surface area contributed by atoms with E-state index in [9.17, 15) is 32.3 Å². The monoisotopic (exact) mass is 328 g/mol. The molecule has 0 aromatic heterocycles. The molecule has 8 nitrogen and oxygen atoms in total. The van der Waals surface area contributed by atoms with Gasteiger partial charge in [-0.25, -0.2) is 4.79 Å². The number of hydrogen-bond donors (Lipinski definition) is 3. The fourth-order valence-electron chi connectivity index (χ4n) is 1.30. The Morgan fingerprint density at radius 1 is 1.18 bits per heavy atom. The van der Waals surface area contributed by atoms with Gasteiger partial charge in [-0.2, -0.15) is 13.2 Å². The molecule has 2 atom stereocenters. The van der Waals surface area contributed by atoms with Gasteiger partial charge in [-0.05, 0) is 13.3 Å². The molecule has 22 heavy (non-hydrogen) atoms. The van der Waals surface area contributed by atoms with Crippen LogP contribution in [0.3, 0.4) is 0 Å². The van der Waals surface area contributed by atoms with Gasteiger partial charge in [-0.1, -0.05) is 0 Å². The summed E-state index contributed by atoms with van der Waals surface area (Å²) in [5.74, 6) is -5.58. The molecule has 2 amide bonds. The maximum atomic E-state index is 12.0. The zero-order valence-corrected chi connectivity index (χ0v) is 11.7. The number of nitrogens with one attached hydrogen (secondary N) is 2. The van der Waals surface area contributed by atoms with E-state index in [0.717, 1.165) is 14.0 Å². The lowest BCUT2D eigenvalue weighted by Crippen LogP contribution is -2.52. The Morgan fingerprint density at radius 3 is 2.14 bits per heavy atom. The maximum Gasteiger partial charge on any atom is 0.471 e. The predicted octanol–water partition coefficient (Wildman–Crippen LogP) is -0.424. The Morgan fingerprint density at radius 2 is 1.73 bits per heavy atom. The van der Waals surface area contributed by atoms with Gasteiger partial charge in [-0.15, -0.1) is 0 Å². The van der Waals surface area contributed by atoms with E-state index in [-0.39, 0.29) is 6.42 Å². The van der Waals surface area contributed by atoms with Crippen LogP contribution >= 0.6 is 0 Å². The first-order chi connectivity index (χ1) is 9.98. The largest absolute Gasteiger partial charge is 0.481 e. The third kappa shape index (κ3) is 6.90. The molecule has 0 aromatic rings. The molecule has 3 N–H and O–H groups in total. The number of carbonyl (C=O) groups is 4. The van der Waals surface area contributed by atoms with E-state index in [1.807, 2.05) is 5.32 Å². The molecule has 0 aliphatic carbocycles. The Labute approximate surface area is 123 Å². The number of alkyl halides is 3. The summed E-state index contributed by atoms with van der Waals surface area (Å²) in [5, 5.41) is 11.9. The molecule has 0 saturated heterocycles. The van der Waals surface area contributed by atoms with Crippen LogP contribution in [0.4, 0.5) is 13.2 Å². The predicted molar refractivity (Wildman–Crippen MR) is 64.5 cm³/mol. The van der Waals surface area contributed by atoms with Gasteiger partial charge in [0.2, 0.25) is 5.91 Å². The van der Waals surface area contributed by atoms with E-state index < -0.39 is 48.4 Å². The first-order valence-electron chi connectivity index (χ1n) is 5.96. The highest BCUT2D eigenvalue weighted by atomic mass is 19.4. The standard InChI is InChI=1S/C11H15F3N2O6/c1-5(15-10(21)11(12,13)14)8(19)16-6(9(20)22-2)3-4-7(17)18/h5-6H,3-4H2,1-2H3,(H,15,21)(H,16,19)(H,17,18)/t5-,6-/m1/s1. The topological polar surface area (TPSA) is 122 Å². The summed E-state index contributed by atoms with van der Waals surface area (Å²) in [6.07, 6.45) is -5.93. The van der Waals surface area contributed by atoms with Crippen LogP contribution in [-0.4, -0.2) is 54.2 Å². The number of amides is 2. The third-order valence-electron chi connectivity index (χ3n) is 2.45. The van der Waals surface area contributed by atoms with Gasteiger partial charge >= 0.3 is 24.0 Å². The number of carboxylic acid groups (broad SMARTS) is 1. The van der Waals surface area contributed by atoms with Crippen LogP contribution in [0.2, 0.25) is 0 Å². The molecule has 0 aliphatic heterocycles. The quantitative estimate of drug-likeness (QED) is 0.546. The van der Waals surface area contributed by atoms with Crippen molar-refractivity contribution in [3.05, 3.63) is 0 Å². The Hall–Kier alpha value is -2.33. The van der Waals surface area contributed by atoms with Crippen molar-refractivity contribution in [1.82, 2.24) is 10.6 Å². The summed E-state index contributed by atoms with van der Waals surface area (Å²) in [5.41, 5.74) is 0. The van der Waals surface area contributed by atoms with Crippen LogP contribution in [-0.2, 0) is 23.9 Å². The molecule has 126 valence electrons. The van der Waals surface area contributed by atoms with Gasteiger partial charge in [0.05, 0.1) is 7.11 Å². The Bertz CT molecular complexity index is 452. The first-order valence-corrected chi connectivity index (χ1v) is 5.96. The second kappa shape index (κ2) is 8.20. The smallest absolute Gasteiger partial charge is 0.471 e. The Balaban J connectivity index is 4.70. The number of esters is 1. The highest BCUT2D eigenvalue weighted by Gasteiger charge is 2.40. The van der Waals surface area contributed by atoms with Crippen LogP contribution in [0.15, 0.2) is 0 Å². The molecule has 0 spiro atoms. The number of rotatable bonds is 7. The Kier molecular flexibility index (Phi) is 7.33. The van der Waals surface area contributed by atoms with Crippen molar-refractivity contribution in [2.45, 2.75) is 38.0 Å². The summed E-state index contributed by atoms with van der Waals surface area (Å²) < 4.78 is 40.5. The zero-order valence-electron chi connectivity index (χ0n) is 11.7. The molecular formula is C11H15F3N2O6. The van der Waals surface area contributed by atoms with Crippen molar-refractivity contribution in [1.29, 1.82) is 0 Å². The number of carboxylic acids is 1. The minimum Gasteiger partial charge on any atom is -0.481 e. The van der Waals surface area contributed by atoms with Crippen LogP contribution < -0.4 is 10.6 Å². The molecule has 0 fully saturated rings. The highest BCUT2D eigenvalue weighted by molar-refractivity contribution is 5.91. The van der Waals surface area contributed by atoms with E-state index in [1.54, 1.807) is 0 Å². The van der Waals surface area contributed by atoms with E-state index >= 15 is 0 Å². The highest BCUT2D eigenvalue weighted by Crippen LogP contribution is 2.14. The normalized spacial score (nSPS) is 13.7. The third-order valence-corrected chi connectivity index (χ3v) is 2.45. The molecule has 0 heterocycles. The van der Waals surface area contributed by atoms with E-state index in [4.69, 9.17) is 5.11 Å². The first kappa shape index (κ1) is 19.7. The molecule has 0 bridgehead atoms. The molecular weight excluding hydrogens is 313 g/mol. The lowest BCUT2D eigenvalue weighted by Gasteiger charge is -2.19. The summed E-state index contributed by atoms with van der Waals surface area (Å²) in [6, 6.07) is -2.93. The molecule has 0 aliphatic rings. The van der Waals surface area contributed by atoms with Crippen LogP contribution in [0, 0.1) is 0 Å². The maximum absolute atomic E-state index is 12.0. The summed E-state index contributed by atoms with van der Waals surface area (Å²) in [7, 11) is 0.997. The number of hydrogen-bond acceptors (Lipinski definition) is 5.